The van der Waals surface area contributed by atoms with Crippen molar-refractivity contribution in [2.24, 2.45) is 0 Å². The van der Waals surface area contributed by atoms with Crippen LogP contribution >= 0.6 is 11.8 Å². The summed E-state index contributed by atoms with van der Waals surface area (Å²) in [5.74, 6) is 1.44. The van der Waals surface area contributed by atoms with E-state index in [9.17, 15) is 4.79 Å². The second kappa shape index (κ2) is 8.88. The molecule has 2 saturated heterocycles. The third-order valence-electron chi connectivity index (χ3n) is 5.97. The Kier molecular flexibility index (Phi) is 6.25. The zero-order chi connectivity index (χ0) is 20.4. The van der Waals surface area contributed by atoms with Crippen LogP contribution in [0.1, 0.15) is 52.7 Å². The standard InChI is InChI=1S/C22H30N4O2S/c1-15-11-17(3)19(12-16(15)2)20(27)14-29-22-24-23-21(25-8-4-5-9-25)26(22)13-18-7-6-10-28-18/h11-12,18H,4-10,13-14H2,1-3H3/t18-/m0/s1. The van der Waals surface area contributed by atoms with Gasteiger partial charge < -0.3 is 9.64 Å². The molecule has 0 saturated carbocycles. The molecule has 6 nitrogen and oxygen atoms in total. The molecule has 1 aromatic carbocycles. The molecular formula is C22H30N4O2S. The van der Waals surface area contributed by atoms with Crippen LogP contribution in [-0.4, -0.2) is 52.1 Å². The lowest BCUT2D eigenvalue weighted by Crippen LogP contribution is -2.25. The number of ketones is 1. The highest BCUT2D eigenvalue weighted by molar-refractivity contribution is 7.99. The first-order valence-corrected chi connectivity index (χ1v) is 11.5. The fourth-order valence-electron chi connectivity index (χ4n) is 4.16. The number of ether oxygens (including phenoxy) is 1. The van der Waals surface area contributed by atoms with Gasteiger partial charge in [0.15, 0.2) is 10.9 Å². The van der Waals surface area contributed by atoms with Gasteiger partial charge in [-0.25, -0.2) is 0 Å². The van der Waals surface area contributed by atoms with Crippen LogP contribution in [0.25, 0.3) is 0 Å². The van der Waals surface area contributed by atoms with Crippen molar-refractivity contribution in [1.82, 2.24) is 14.8 Å². The van der Waals surface area contributed by atoms with Crippen LogP contribution in [0, 0.1) is 20.8 Å². The molecule has 7 heteroatoms. The predicted molar refractivity (Wildman–Crippen MR) is 116 cm³/mol. The van der Waals surface area contributed by atoms with Crippen LogP contribution in [-0.2, 0) is 11.3 Å². The van der Waals surface area contributed by atoms with E-state index in [0.29, 0.717) is 5.75 Å². The van der Waals surface area contributed by atoms with E-state index in [2.05, 4.69) is 39.6 Å². The van der Waals surface area contributed by atoms with Gasteiger partial charge in [0.1, 0.15) is 0 Å². The van der Waals surface area contributed by atoms with E-state index < -0.39 is 0 Å². The van der Waals surface area contributed by atoms with E-state index in [1.54, 1.807) is 0 Å². The molecule has 156 valence electrons. The van der Waals surface area contributed by atoms with Crippen molar-refractivity contribution in [2.45, 2.75) is 64.3 Å². The topological polar surface area (TPSA) is 60.2 Å². The predicted octanol–water partition coefficient (Wildman–Crippen LogP) is 3.96. The van der Waals surface area contributed by atoms with Crippen molar-refractivity contribution in [1.29, 1.82) is 0 Å². The lowest BCUT2D eigenvalue weighted by atomic mass is 9.99. The molecule has 2 aromatic rings. The molecule has 2 aliphatic rings. The van der Waals surface area contributed by atoms with Crippen molar-refractivity contribution in [3.63, 3.8) is 0 Å². The third kappa shape index (κ3) is 4.51. The minimum Gasteiger partial charge on any atom is -0.376 e. The number of nitrogens with zero attached hydrogens (tertiary/aromatic N) is 4. The molecule has 0 unspecified atom stereocenters. The Morgan fingerprint density at radius 3 is 2.59 bits per heavy atom. The maximum absolute atomic E-state index is 12.9. The minimum atomic E-state index is 0.144. The Labute approximate surface area is 177 Å². The molecule has 3 heterocycles. The number of hydrogen-bond acceptors (Lipinski definition) is 6. The number of aryl methyl sites for hydroxylation is 3. The summed E-state index contributed by atoms with van der Waals surface area (Å²) in [6.07, 6.45) is 4.78. The molecule has 0 radical (unpaired) electrons. The largest absolute Gasteiger partial charge is 0.376 e. The number of anilines is 1. The Hall–Kier alpha value is -1.86. The van der Waals surface area contributed by atoms with Crippen LogP contribution in [0.2, 0.25) is 0 Å². The highest BCUT2D eigenvalue weighted by Gasteiger charge is 2.25. The van der Waals surface area contributed by atoms with Crippen molar-refractivity contribution in [3.05, 3.63) is 34.4 Å². The van der Waals surface area contributed by atoms with E-state index in [0.717, 1.165) is 66.9 Å². The summed E-state index contributed by atoms with van der Waals surface area (Å²) in [6.45, 7) is 9.79. The quantitative estimate of drug-likeness (QED) is 0.505. The molecule has 1 aromatic heterocycles. The number of rotatable bonds is 7. The van der Waals surface area contributed by atoms with Gasteiger partial charge in [0, 0.05) is 25.3 Å². The molecular weight excluding hydrogens is 384 g/mol. The third-order valence-corrected chi connectivity index (χ3v) is 6.94. The van der Waals surface area contributed by atoms with Gasteiger partial charge >= 0.3 is 0 Å². The van der Waals surface area contributed by atoms with E-state index in [-0.39, 0.29) is 11.9 Å². The van der Waals surface area contributed by atoms with Crippen LogP contribution in [0.4, 0.5) is 5.95 Å². The molecule has 2 aliphatic heterocycles. The summed E-state index contributed by atoms with van der Waals surface area (Å²) in [5, 5.41) is 9.75. The van der Waals surface area contributed by atoms with Gasteiger partial charge in [-0.15, -0.1) is 10.2 Å². The molecule has 0 N–H and O–H groups in total. The monoisotopic (exact) mass is 414 g/mol. The molecule has 1 atom stereocenters. The molecule has 0 spiro atoms. The number of carbonyl (C=O) groups is 1. The number of carbonyl (C=O) groups excluding carboxylic acids is 1. The van der Waals surface area contributed by atoms with Crippen LogP contribution in [0.3, 0.4) is 0 Å². The number of benzene rings is 1. The number of Topliss-reactive ketones (excluding diaryl/α,β-unsaturated/α-hetero) is 1. The number of thioether (sulfide) groups is 1. The van der Waals surface area contributed by atoms with Crippen LogP contribution < -0.4 is 4.90 Å². The molecule has 2 fully saturated rings. The van der Waals surface area contributed by atoms with Crippen molar-refractivity contribution in [2.75, 3.05) is 30.3 Å². The van der Waals surface area contributed by atoms with Gasteiger partial charge in [-0.3, -0.25) is 9.36 Å². The summed E-state index contributed by atoms with van der Waals surface area (Å²) < 4.78 is 8.04. The first-order chi connectivity index (χ1) is 14.0. The van der Waals surface area contributed by atoms with Gasteiger partial charge in [0.05, 0.1) is 18.4 Å². The van der Waals surface area contributed by atoms with Crippen molar-refractivity contribution in [3.8, 4) is 0 Å². The summed E-state index contributed by atoms with van der Waals surface area (Å²) in [5.41, 5.74) is 4.22. The maximum atomic E-state index is 12.9. The molecule has 0 amide bonds. The lowest BCUT2D eigenvalue weighted by molar-refractivity contribution is 0.0952. The highest BCUT2D eigenvalue weighted by Crippen LogP contribution is 2.28. The molecule has 29 heavy (non-hydrogen) atoms. The van der Waals surface area contributed by atoms with E-state index in [1.807, 2.05) is 13.0 Å². The Bertz CT molecular complexity index is 883. The van der Waals surface area contributed by atoms with Crippen LogP contribution in [0.15, 0.2) is 17.3 Å². The number of aromatic nitrogens is 3. The smallest absolute Gasteiger partial charge is 0.228 e. The Morgan fingerprint density at radius 2 is 1.86 bits per heavy atom. The average molecular weight is 415 g/mol. The average Bonchev–Trinajstić information content (AvgIpc) is 3.45. The summed E-state index contributed by atoms with van der Waals surface area (Å²) in [6, 6.07) is 4.11. The van der Waals surface area contributed by atoms with Crippen LogP contribution in [0.5, 0.6) is 0 Å². The summed E-state index contributed by atoms with van der Waals surface area (Å²) in [7, 11) is 0. The molecule has 0 bridgehead atoms. The first-order valence-electron chi connectivity index (χ1n) is 10.6. The summed E-state index contributed by atoms with van der Waals surface area (Å²) >= 11 is 1.49. The second-order valence-electron chi connectivity index (χ2n) is 8.19. The van der Waals surface area contributed by atoms with E-state index in [1.165, 1.54) is 30.2 Å². The Balaban J connectivity index is 1.51. The number of hydrogen-bond donors (Lipinski definition) is 0. The first kappa shape index (κ1) is 20.4. The van der Waals surface area contributed by atoms with Gasteiger partial charge in [-0.05, 0) is 69.2 Å². The molecule has 4 rings (SSSR count). The zero-order valence-electron chi connectivity index (χ0n) is 17.6. The SMILES string of the molecule is Cc1cc(C)c(C(=O)CSc2nnc(N3CCCC3)n2C[C@@H]2CCCO2)cc1C. The lowest BCUT2D eigenvalue weighted by Gasteiger charge is -2.20. The van der Waals surface area contributed by atoms with Gasteiger partial charge in [0.25, 0.3) is 0 Å². The van der Waals surface area contributed by atoms with Crippen molar-refractivity contribution >= 4 is 23.5 Å². The Morgan fingerprint density at radius 1 is 1.10 bits per heavy atom. The zero-order valence-corrected chi connectivity index (χ0v) is 18.4. The van der Waals surface area contributed by atoms with Gasteiger partial charge in [-0.2, -0.15) is 0 Å². The summed E-state index contributed by atoms with van der Waals surface area (Å²) in [4.78, 5) is 15.2. The van der Waals surface area contributed by atoms with E-state index in [4.69, 9.17) is 4.74 Å². The van der Waals surface area contributed by atoms with E-state index >= 15 is 0 Å². The van der Waals surface area contributed by atoms with Crippen molar-refractivity contribution < 1.29 is 9.53 Å². The fourth-order valence-corrected chi connectivity index (χ4v) is 4.99. The normalized spacial score (nSPS) is 19.3. The maximum Gasteiger partial charge on any atom is 0.228 e. The fraction of sp³-hybridized carbons (Fsp3) is 0.591. The minimum absolute atomic E-state index is 0.144. The highest BCUT2D eigenvalue weighted by atomic mass is 32.2. The molecule has 0 aliphatic carbocycles. The van der Waals surface area contributed by atoms with Gasteiger partial charge in [-0.1, -0.05) is 17.8 Å². The van der Waals surface area contributed by atoms with Gasteiger partial charge in [0.2, 0.25) is 5.95 Å². The second-order valence-corrected chi connectivity index (χ2v) is 9.13.